The average molecular weight is 256 g/mol. The quantitative estimate of drug-likeness (QED) is 0.746. The van der Waals surface area contributed by atoms with Gasteiger partial charge in [0.05, 0.1) is 13.0 Å². The minimum absolute atomic E-state index is 0.109. The van der Waals surface area contributed by atoms with Gasteiger partial charge in [-0.2, -0.15) is 0 Å². The summed E-state index contributed by atoms with van der Waals surface area (Å²) in [6.45, 7) is 4.59. The Morgan fingerprint density at radius 2 is 1.89 bits per heavy atom. The lowest BCUT2D eigenvalue weighted by Gasteiger charge is -2.14. The maximum absolute atomic E-state index is 11.7. The highest BCUT2D eigenvalue weighted by atomic mass is 16.5. The number of benzene rings is 2. The van der Waals surface area contributed by atoms with E-state index in [9.17, 15) is 4.79 Å². The fourth-order valence-corrected chi connectivity index (χ4v) is 2.31. The molecule has 0 aliphatic rings. The number of rotatable bonds is 5. The predicted molar refractivity (Wildman–Crippen MR) is 78.2 cm³/mol. The van der Waals surface area contributed by atoms with Gasteiger partial charge < -0.3 is 4.74 Å². The number of esters is 1. The molecule has 2 aromatic carbocycles. The SMILES string of the molecule is CCCOC(=O)C[C@H](C)c1cccc2ccccc12. The molecule has 0 heterocycles. The molecule has 100 valence electrons. The van der Waals surface area contributed by atoms with E-state index in [1.807, 2.05) is 25.1 Å². The van der Waals surface area contributed by atoms with Gasteiger partial charge in [-0.3, -0.25) is 4.79 Å². The number of hydrogen-bond donors (Lipinski definition) is 0. The molecule has 19 heavy (non-hydrogen) atoms. The Bertz CT molecular complexity index is 555. The van der Waals surface area contributed by atoms with Crippen molar-refractivity contribution in [2.45, 2.75) is 32.6 Å². The number of hydrogen-bond acceptors (Lipinski definition) is 2. The molecule has 0 unspecified atom stereocenters. The molecule has 0 N–H and O–H groups in total. The van der Waals surface area contributed by atoms with Crippen LogP contribution in [0, 0.1) is 0 Å². The Hall–Kier alpha value is -1.83. The van der Waals surface area contributed by atoms with Gasteiger partial charge >= 0.3 is 5.97 Å². The molecule has 0 amide bonds. The minimum atomic E-state index is -0.109. The van der Waals surface area contributed by atoms with E-state index in [0.717, 1.165) is 6.42 Å². The summed E-state index contributed by atoms with van der Waals surface area (Å²) >= 11 is 0. The van der Waals surface area contributed by atoms with Crippen LogP contribution in [0.5, 0.6) is 0 Å². The van der Waals surface area contributed by atoms with E-state index < -0.39 is 0 Å². The molecule has 1 atom stereocenters. The second-order valence-electron chi connectivity index (χ2n) is 4.89. The fraction of sp³-hybridized carbons (Fsp3) is 0.353. The highest BCUT2D eigenvalue weighted by Gasteiger charge is 2.14. The minimum Gasteiger partial charge on any atom is -0.466 e. The van der Waals surface area contributed by atoms with Gasteiger partial charge in [0.15, 0.2) is 0 Å². The zero-order chi connectivity index (χ0) is 13.7. The second-order valence-corrected chi connectivity index (χ2v) is 4.89. The van der Waals surface area contributed by atoms with Crippen LogP contribution in [-0.4, -0.2) is 12.6 Å². The van der Waals surface area contributed by atoms with Crippen LogP contribution >= 0.6 is 0 Å². The lowest BCUT2D eigenvalue weighted by Crippen LogP contribution is -2.09. The average Bonchev–Trinajstić information content (AvgIpc) is 2.44. The van der Waals surface area contributed by atoms with Crippen LogP contribution in [0.2, 0.25) is 0 Å². The molecule has 0 aliphatic heterocycles. The molecular weight excluding hydrogens is 236 g/mol. The van der Waals surface area contributed by atoms with E-state index in [0.29, 0.717) is 13.0 Å². The van der Waals surface area contributed by atoms with Crippen molar-refractivity contribution in [3.05, 3.63) is 48.0 Å². The number of carbonyl (C=O) groups excluding carboxylic acids is 1. The highest BCUT2D eigenvalue weighted by Crippen LogP contribution is 2.27. The third-order valence-electron chi connectivity index (χ3n) is 3.29. The van der Waals surface area contributed by atoms with Crippen molar-refractivity contribution in [3.8, 4) is 0 Å². The summed E-state index contributed by atoms with van der Waals surface area (Å²) in [5, 5.41) is 2.44. The van der Waals surface area contributed by atoms with Gasteiger partial charge in [0, 0.05) is 0 Å². The molecule has 0 saturated carbocycles. The molecule has 0 fully saturated rings. The van der Waals surface area contributed by atoms with Gasteiger partial charge in [0.1, 0.15) is 0 Å². The van der Waals surface area contributed by atoms with E-state index in [1.165, 1.54) is 16.3 Å². The number of fused-ring (bicyclic) bond motifs is 1. The summed E-state index contributed by atoms with van der Waals surface area (Å²) in [6.07, 6.45) is 1.31. The first-order chi connectivity index (χ1) is 9.22. The Balaban J connectivity index is 2.17. The van der Waals surface area contributed by atoms with Gasteiger partial charge in [0.2, 0.25) is 0 Å². The van der Waals surface area contributed by atoms with Crippen molar-refractivity contribution in [1.29, 1.82) is 0 Å². The zero-order valence-corrected chi connectivity index (χ0v) is 11.6. The molecule has 0 radical (unpaired) electrons. The van der Waals surface area contributed by atoms with Crippen molar-refractivity contribution < 1.29 is 9.53 Å². The predicted octanol–water partition coefficient (Wildman–Crippen LogP) is 4.29. The van der Waals surface area contributed by atoms with Crippen LogP contribution < -0.4 is 0 Å². The lowest BCUT2D eigenvalue weighted by molar-refractivity contribution is -0.144. The topological polar surface area (TPSA) is 26.3 Å². The van der Waals surface area contributed by atoms with E-state index in [1.54, 1.807) is 0 Å². The van der Waals surface area contributed by atoms with Crippen LogP contribution in [0.3, 0.4) is 0 Å². The van der Waals surface area contributed by atoms with Crippen molar-refractivity contribution in [3.63, 3.8) is 0 Å². The number of carbonyl (C=O) groups is 1. The fourth-order valence-electron chi connectivity index (χ4n) is 2.31. The molecule has 2 aromatic rings. The third-order valence-corrected chi connectivity index (χ3v) is 3.29. The first-order valence-corrected chi connectivity index (χ1v) is 6.85. The van der Waals surface area contributed by atoms with Crippen LogP contribution in [0.15, 0.2) is 42.5 Å². The maximum Gasteiger partial charge on any atom is 0.306 e. The third kappa shape index (κ3) is 3.34. The van der Waals surface area contributed by atoms with E-state index in [2.05, 4.69) is 31.2 Å². The molecular formula is C17H20O2. The molecule has 2 nitrogen and oxygen atoms in total. The van der Waals surface area contributed by atoms with Crippen LogP contribution in [0.4, 0.5) is 0 Å². The summed E-state index contributed by atoms with van der Waals surface area (Å²) in [4.78, 5) is 11.7. The van der Waals surface area contributed by atoms with Crippen molar-refractivity contribution in [2.24, 2.45) is 0 Å². The van der Waals surface area contributed by atoms with Gasteiger partial charge in [-0.15, -0.1) is 0 Å². The van der Waals surface area contributed by atoms with Crippen LogP contribution in [0.25, 0.3) is 10.8 Å². The van der Waals surface area contributed by atoms with E-state index in [4.69, 9.17) is 4.74 Å². The van der Waals surface area contributed by atoms with Crippen molar-refractivity contribution in [2.75, 3.05) is 6.61 Å². The van der Waals surface area contributed by atoms with Crippen LogP contribution in [-0.2, 0) is 9.53 Å². The molecule has 0 saturated heterocycles. The van der Waals surface area contributed by atoms with Gasteiger partial charge in [-0.1, -0.05) is 56.3 Å². The van der Waals surface area contributed by atoms with Gasteiger partial charge in [-0.25, -0.2) is 0 Å². The Morgan fingerprint density at radius 1 is 1.16 bits per heavy atom. The van der Waals surface area contributed by atoms with E-state index in [-0.39, 0.29) is 11.9 Å². The molecule has 0 bridgehead atoms. The van der Waals surface area contributed by atoms with Gasteiger partial charge in [-0.05, 0) is 28.7 Å². The smallest absolute Gasteiger partial charge is 0.306 e. The standard InChI is InChI=1S/C17H20O2/c1-3-11-19-17(18)12-13(2)15-10-6-8-14-7-4-5-9-16(14)15/h4-10,13H,3,11-12H2,1-2H3/t13-/m0/s1. The van der Waals surface area contributed by atoms with E-state index >= 15 is 0 Å². The summed E-state index contributed by atoms with van der Waals surface area (Å²) in [5.41, 5.74) is 1.21. The largest absolute Gasteiger partial charge is 0.466 e. The van der Waals surface area contributed by atoms with Crippen molar-refractivity contribution >= 4 is 16.7 Å². The zero-order valence-electron chi connectivity index (χ0n) is 11.6. The summed E-state index contributed by atoms with van der Waals surface area (Å²) < 4.78 is 5.16. The first kappa shape index (κ1) is 13.6. The first-order valence-electron chi connectivity index (χ1n) is 6.85. The number of ether oxygens (including phenoxy) is 1. The summed E-state index contributed by atoms with van der Waals surface area (Å²) in [6, 6.07) is 14.5. The second kappa shape index (κ2) is 6.37. The molecule has 2 rings (SSSR count). The highest BCUT2D eigenvalue weighted by molar-refractivity contribution is 5.86. The molecule has 0 aliphatic carbocycles. The maximum atomic E-state index is 11.7. The Morgan fingerprint density at radius 3 is 2.68 bits per heavy atom. The molecule has 0 spiro atoms. The Labute approximate surface area is 114 Å². The van der Waals surface area contributed by atoms with Crippen molar-refractivity contribution in [1.82, 2.24) is 0 Å². The lowest BCUT2D eigenvalue weighted by atomic mass is 9.92. The molecule has 0 aromatic heterocycles. The van der Waals surface area contributed by atoms with Gasteiger partial charge in [0.25, 0.3) is 0 Å². The summed E-state index contributed by atoms with van der Waals surface area (Å²) in [7, 11) is 0. The molecule has 2 heteroatoms. The summed E-state index contributed by atoms with van der Waals surface area (Å²) in [5.74, 6) is 0.0674. The van der Waals surface area contributed by atoms with Crippen LogP contribution in [0.1, 0.15) is 38.2 Å². The Kier molecular flexibility index (Phi) is 4.56. The normalized spacial score (nSPS) is 12.3. The monoisotopic (exact) mass is 256 g/mol.